The van der Waals surface area contributed by atoms with Crippen molar-refractivity contribution in [3.05, 3.63) is 99.8 Å². The van der Waals surface area contributed by atoms with Gasteiger partial charge in [-0.2, -0.15) is 0 Å². The quantitative estimate of drug-likeness (QED) is 0.239. The highest BCUT2D eigenvalue weighted by Gasteiger charge is 2.19. The van der Waals surface area contributed by atoms with E-state index >= 15 is 0 Å². The van der Waals surface area contributed by atoms with E-state index in [1.54, 1.807) is 36.4 Å². The minimum absolute atomic E-state index is 0.0337. The Morgan fingerprint density at radius 1 is 0.941 bits per heavy atom. The molecule has 0 saturated heterocycles. The van der Waals surface area contributed by atoms with Crippen molar-refractivity contribution < 1.29 is 18.6 Å². The van der Waals surface area contributed by atoms with Crippen molar-refractivity contribution in [2.75, 3.05) is 5.32 Å². The van der Waals surface area contributed by atoms with Crippen molar-refractivity contribution in [2.24, 2.45) is 0 Å². The van der Waals surface area contributed by atoms with Crippen molar-refractivity contribution in [3.63, 3.8) is 0 Å². The van der Waals surface area contributed by atoms with Crippen molar-refractivity contribution in [1.29, 1.82) is 0 Å². The molecular weight excluding hydrogens is 434 g/mol. The molecule has 5 aromatic rings. The Morgan fingerprint density at radius 2 is 1.74 bits per heavy atom. The average molecular weight is 453 g/mol. The van der Waals surface area contributed by atoms with Crippen LogP contribution in [-0.4, -0.2) is 15.8 Å². The molecule has 0 radical (unpaired) electrons. The maximum absolute atomic E-state index is 12.8. The predicted molar refractivity (Wildman–Crippen MR) is 128 cm³/mol. The Labute approximate surface area is 194 Å². The first-order chi connectivity index (χ1) is 16.4. The predicted octanol–water partition coefficient (Wildman–Crippen LogP) is 6.53. The SMILES string of the molecule is Cc1cc2nc(-c3cccc(NC(=O)c4ccc(-c5ccccc5[N+](=O)[O-])o4)c3)oc2cc1C. The summed E-state index contributed by atoms with van der Waals surface area (Å²) in [7, 11) is 0. The van der Waals surface area contributed by atoms with Gasteiger partial charge in [0.1, 0.15) is 11.3 Å². The second kappa shape index (κ2) is 8.32. The number of furan rings is 1. The van der Waals surface area contributed by atoms with Gasteiger partial charge in [0.25, 0.3) is 11.6 Å². The molecule has 0 atom stereocenters. The van der Waals surface area contributed by atoms with Crippen LogP contribution in [0.2, 0.25) is 0 Å². The molecule has 0 fully saturated rings. The summed E-state index contributed by atoms with van der Waals surface area (Å²) in [5, 5.41) is 14.1. The number of aromatic nitrogens is 1. The lowest BCUT2D eigenvalue weighted by Crippen LogP contribution is -2.10. The second-order valence-corrected chi connectivity index (χ2v) is 7.90. The summed E-state index contributed by atoms with van der Waals surface area (Å²) in [5.41, 5.74) is 5.17. The molecule has 0 aliphatic rings. The summed E-state index contributed by atoms with van der Waals surface area (Å²) in [4.78, 5) is 28.1. The van der Waals surface area contributed by atoms with E-state index in [0.29, 0.717) is 28.3 Å². The first-order valence-corrected chi connectivity index (χ1v) is 10.5. The molecule has 0 bridgehead atoms. The van der Waals surface area contributed by atoms with Crippen LogP contribution in [0, 0.1) is 24.0 Å². The fourth-order valence-corrected chi connectivity index (χ4v) is 3.67. The summed E-state index contributed by atoms with van der Waals surface area (Å²) in [6.07, 6.45) is 0. The zero-order valence-electron chi connectivity index (χ0n) is 18.4. The highest BCUT2D eigenvalue weighted by atomic mass is 16.6. The first kappa shape index (κ1) is 21.1. The van der Waals surface area contributed by atoms with E-state index in [2.05, 4.69) is 10.3 Å². The minimum atomic E-state index is -0.488. The van der Waals surface area contributed by atoms with Crippen molar-refractivity contribution >= 4 is 28.4 Å². The number of para-hydroxylation sites is 1. The first-order valence-electron chi connectivity index (χ1n) is 10.5. The molecule has 0 saturated carbocycles. The molecule has 0 spiro atoms. The van der Waals surface area contributed by atoms with E-state index in [4.69, 9.17) is 8.83 Å². The number of aryl methyl sites for hydroxylation is 2. The van der Waals surface area contributed by atoms with Gasteiger partial charge in [-0.25, -0.2) is 4.98 Å². The normalized spacial score (nSPS) is 11.0. The standard InChI is InChI=1S/C26H19N3O5/c1-15-12-20-24(13-16(15)2)34-26(28-20)17-6-5-7-18(14-17)27-25(30)23-11-10-22(33-23)19-8-3-4-9-21(19)29(31)32/h3-14H,1-2H3,(H,27,30). The monoisotopic (exact) mass is 453 g/mol. The number of carbonyl (C=O) groups is 1. The minimum Gasteiger partial charge on any atom is -0.451 e. The molecule has 34 heavy (non-hydrogen) atoms. The Balaban J connectivity index is 1.39. The molecule has 0 aliphatic carbocycles. The van der Waals surface area contributed by atoms with E-state index in [0.717, 1.165) is 16.6 Å². The highest BCUT2D eigenvalue weighted by Crippen LogP contribution is 2.31. The van der Waals surface area contributed by atoms with Gasteiger partial charge in [0.15, 0.2) is 11.3 Å². The van der Waals surface area contributed by atoms with Crippen LogP contribution in [0.25, 0.3) is 33.9 Å². The van der Waals surface area contributed by atoms with E-state index in [-0.39, 0.29) is 17.2 Å². The van der Waals surface area contributed by atoms with Crippen molar-refractivity contribution in [3.8, 4) is 22.8 Å². The maximum Gasteiger partial charge on any atom is 0.291 e. The number of hydrogen-bond donors (Lipinski definition) is 1. The summed E-state index contributed by atoms with van der Waals surface area (Å²) in [6.45, 7) is 4.04. The van der Waals surface area contributed by atoms with E-state index in [1.165, 1.54) is 18.2 Å². The van der Waals surface area contributed by atoms with Gasteiger partial charge in [0.05, 0.1) is 10.5 Å². The molecule has 0 aliphatic heterocycles. The fraction of sp³-hybridized carbons (Fsp3) is 0.0769. The number of rotatable bonds is 5. The summed E-state index contributed by atoms with van der Waals surface area (Å²) >= 11 is 0. The third-order valence-electron chi connectivity index (χ3n) is 5.57. The van der Waals surface area contributed by atoms with E-state index in [9.17, 15) is 14.9 Å². The van der Waals surface area contributed by atoms with Crippen LogP contribution in [0.3, 0.4) is 0 Å². The van der Waals surface area contributed by atoms with Gasteiger partial charge in [-0.3, -0.25) is 14.9 Å². The van der Waals surface area contributed by atoms with Crippen LogP contribution >= 0.6 is 0 Å². The molecule has 5 rings (SSSR count). The summed E-state index contributed by atoms with van der Waals surface area (Å²) in [5.74, 6) is 0.244. The number of nitrogens with zero attached hydrogens (tertiary/aromatic N) is 2. The van der Waals surface area contributed by atoms with Gasteiger partial charge in [-0.05, 0) is 73.5 Å². The number of nitro groups is 1. The van der Waals surface area contributed by atoms with Crippen molar-refractivity contribution in [1.82, 2.24) is 4.98 Å². The molecular formula is C26H19N3O5. The number of nitrogens with one attached hydrogen (secondary N) is 1. The smallest absolute Gasteiger partial charge is 0.291 e. The molecule has 3 aromatic carbocycles. The van der Waals surface area contributed by atoms with E-state index in [1.807, 2.05) is 32.0 Å². The molecule has 8 nitrogen and oxygen atoms in total. The molecule has 168 valence electrons. The number of carbonyl (C=O) groups excluding carboxylic acids is 1. The third-order valence-corrected chi connectivity index (χ3v) is 5.57. The van der Waals surface area contributed by atoms with Crippen LogP contribution in [0.4, 0.5) is 11.4 Å². The van der Waals surface area contributed by atoms with Gasteiger partial charge < -0.3 is 14.2 Å². The van der Waals surface area contributed by atoms with Gasteiger partial charge in [0, 0.05) is 17.3 Å². The highest BCUT2D eigenvalue weighted by molar-refractivity contribution is 6.03. The Morgan fingerprint density at radius 3 is 2.56 bits per heavy atom. The molecule has 2 heterocycles. The number of nitro benzene ring substituents is 1. The number of hydrogen-bond acceptors (Lipinski definition) is 6. The number of oxazole rings is 1. The molecule has 8 heteroatoms. The van der Waals surface area contributed by atoms with Gasteiger partial charge in [-0.15, -0.1) is 0 Å². The van der Waals surface area contributed by atoms with Crippen LogP contribution in [-0.2, 0) is 0 Å². The largest absolute Gasteiger partial charge is 0.451 e. The lowest BCUT2D eigenvalue weighted by Gasteiger charge is -2.05. The summed E-state index contributed by atoms with van der Waals surface area (Å²) < 4.78 is 11.5. The number of anilines is 1. The van der Waals surface area contributed by atoms with E-state index < -0.39 is 10.8 Å². The van der Waals surface area contributed by atoms with Crippen LogP contribution < -0.4 is 5.32 Å². The van der Waals surface area contributed by atoms with Crippen LogP contribution in [0.5, 0.6) is 0 Å². The molecule has 1 amide bonds. The molecule has 2 aromatic heterocycles. The number of fused-ring (bicyclic) bond motifs is 1. The topological polar surface area (TPSA) is 111 Å². The van der Waals surface area contributed by atoms with Gasteiger partial charge in [0.2, 0.25) is 5.89 Å². The Kier molecular flexibility index (Phi) is 5.18. The fourth-order valence-electron chi connectivity index (χ4n) is 3.67. The number of benzene rings is 3. The summed E-state index contributed by atoms with van der Waals surface area (Å²) in [6, 6.07) is 20.3. The zero-order chi connectivity index (χ0) is 23.8. The molecule has 0 unspecified atom stereocenters. The third kappa shape index (κ3) is 3.93. The average Bonchev–Trinajstić information content (AvgIpc) is 3.47. The lowest BCUT2D eigenvalue weighted by molar-refractivity contribution is -0.384. The zero-order valence-corrected chi connectivity index (χ0v) is 18.4. The van der Waals surface area contributed by atoms with Gasteiger partial charge in [-0.1, -0.05) is 18.2 Å². The number of amides is 1. The van der Waals surface area contributed by atoms with Crippen LogP contribution in [0.1, 0.15) is 21.7 Å². The van der Waals surface area contributed by atoms with Crippen LogP contribution in [0.15, 0.2) is 81.6 Å². The maximum atomic E-state index is 12.8. The Bertz CT molecular complexity index is 1530. The Hall–Kier alpha value is -4.72. The van der Waals surface area contributed by atoms with Gasteiger partial charge >= 0.3 is 0 Å². The second-order valence-electron chi connectivity index (χ2n) is 7.90. The van der Waals surface area contributed by atoms with Crippen molar-refractivity contribution in [2.45, 2.75) is 13.8 Å². The lowest BCUT2D eigenvalue weighted by atomic mass is 10.1. The molecule has 1 N–H and O–H groups in total.